The molecule has 202 valence electrons. The SMILES string of the molecule is CN(c1c(C#N)c(=O)n(C)c2ccc(C#N)nc12)C1CCC(/C(=N/OC(C)(C)C)c2ccc(F)cc2F)CC1. The molecule has 0 bridgehead atoms. The number of nitriles is 2. The van der Waals surface area contributed by atoms with Gasteiger partial charge in [0, 0.05) is 37.7 Å². The number of pyridine rings is 2. The monoisotopic (exact) mass is 532 g/mol. The predicted octanol–water partition coefficient (Wildman–Crippen LogP) is 5.17. The Morgan fingerprint density at radius 2 is 1.82 bits per heavy atom. The minimum atomic E-state index is -0.699. The zero-order valence-electron chi connectivity index (χ0n) is 22.6. The first-order valence-corrected chi connectivity index (χ1v) is 12.7. The molecule has 0 spiro atoms. The van der Waals surface area contributed by atoms with Gasteiger partial charge in [-0.25, -0.2) is 13.8 Å². The highest BCUT2D eigenvalue weighted by atomic mass is 19.1. The van der Waals surface area contributed by atoms with Gasteiger partial charge in [-0.3, -0.25) is 4.79 Å². The molecule has 1 saturated carbocycles. The molecular weight excluding hydrogens is 502 g/mol. The number of aryl methyl sites for hydroxylation is 1. The van der Waals surface area contributed by atoms with Crippen LogP contribution in [0.25, 0.3) is 11.0 Å². The number of anilines is 1. The molecule has 0 aliphatic heterocycles. The Morgan fingerprint density at radius 3 is 2.41 bits per heavy atom. The first kappa shape index (κ1) is 27.7. The lowest BCUT2D eigenvalue weighted by molar-refractivity contribution is -0.0000722. The third-order valence-electron chi connectivity index (χ3n) is 7.05. The number of hydrogen-bond acceptors (Lipinski definition) is 7. The molecule has 2 heterocycles. The number of nitrogens with zero attached hydrogens (tertiary/aromatic N) is 6. The van der Waals surface area contributed by atoms with E-state index in [1.165, 1.54) is 22.8 Å². The normalized spacial score (nSPS) is 17.9. The lowest BCUT2D eigenvalue weighted by Gasteiger charge is -2.37. The van der Waals surface area contributed by atoms with Crippen LogP contribution in [0, 0.1) is 40.2 Å². The highest BCUT2D eigenvalue weighted by Gasteiger charge is 2.32. The maximum absolute atomic E-state index is 14.8. The summed E-state index contributed by atoms with van der Waals surface area (Å²) in [6.07, 6.45) is 2.55. The number of benzene rings is 1. The standard InChI is InChI=1S/C29H30F2N6O2/c1-29(2,3)39-35-25(21-12-8-18(30)14-23(21)31)17-6-10-20(11-7-17)36(4)27-22(16-33)28(38)37(5)24-13-9-19(15-32)34-26(24)27/h8-9,12-14,17,20H,6-7,10-11H2,1-5H3/b35-25-. The highest BCUT2D eigenvalue weighted by molar-refractivity contribution is 6.02. The molecule has 3 aromatic rings. The van der Waals surface area contributed by atoms with Gasteiger partial charge in [0.2, 0.25) is 0 Å². The Hall–Kier alpha value is -4.31. The topological polar surface area (TPSA) is 107 Å². The van der Waals surface area contributed by atoms with Gasteiger partial charge >= 0.3 is 0 Å². The van der Waals surface area contributed by atoms with Crippen LogP contribution >= 0.6 is 0 Å². The van der Waals surface area contributed by atoms with E-state index in [-0.39, 0.29) is 28.8 Å². The second kappa shape index (κ2) is 10.8. The largest absolute Gasteiger partial charge is 0.390 e. The van der Waals surface area contributed by atoms with Crippen molar-refractivity contribution >= 4 is 22.4 Å². The van der Waals surface area contributed by atoms with E-state index in [9.17, 15) is 24.1 Å². The minimum Gasteiger partial charge on any atom is -0.390 e. The van der Waals surface area contributed by atoms with E-state index in [1.807, 2.05) is 44.9 Å². The first-order valence-electron chi connectivity index (χ1n) is 12.7. The van der Waals surface area contributed by atoms with Gasteiger partial charge in [-0.15, -0.1) is 0 Å². The summed E-state index contributed by atoms with van der Waals surface area (Å²) in [6.45, 7) is 5.52. The molecule has 0 amide bonds. The van der Waals surface area contributed by atoms with Gasteiger partial charge in [0.05, 0.1) is 16.9 Å². The predicted molar refractivity (Wildman–Crippen MR) is 144 cm³/mol. The molecule has 0 N–H and O–H groups in total. The van der Waals surface area contributed by atoms with Gasteiger partial charge < -0.3 is 14.3 Å². The van der Waals surface area contributed by atoms with Crippen LogP contribution in [0.5, 0.6) is 0 Å². The van der Waals surface area contributed by atoms with Gasteiger partial charge in [-0.05, 0) is 70.7 Å². The Bertz CT molecular complexity index is 1590. The molecule has 10 heteroatoms. The summed E-state index contributed by atoms with van der Waals surface area (Å²) in [4.78, 5) is 25.0. The zero-order valence-corrected chi connectivity index (χ0v) is 22.6. The molecule has 0 radical (unpaired) electrons. The number of oxime groups is 1. The second-order valence-corrected chi connectivity index (χ2v) is 10.8. The average Bonchev–Trinajstić information content (AvgIpc) is 2.90. The van der Waals surface area contributed by atoms with Crippen LogP contribution in [-0.4, -0.2) is 34.0 Å². The highest BCUT2D eigenvalue weighted by Crippen LogP contribution is 2.36. The molecule has 0 unspecified atom stereocenters. The Morgan fingerprint density at radius 1 is 1.13 bits per heavy atom. The van der Waals surface area contributed by atoms with Crippen LogP contribution in [0.15, 0.2) is 40.3 Å². The van der Waals surface area contributed by atoms with Gasteiger partial charge in [0.25, 0.3) is 5.56 Å². The molecule has 1 aliphatic carbocycles. The number of fused-ring (bicyclic) bond motifs is 1. The summed E-state index contributed by atoms with van der Waals surface area (Å²) in [6, 6.07) is 10.6. The Balaban J connectivity index is 1.67. The van der Waals surface area contributed by atoms with Gasteiger partial charge in [0.1, 0.15) is 46.1 Å². The molecule has 39 heavy (non-hydrogen) atoms. The van der Waals surface area contributed by atoms with Gasteiger partial charge in [-0.2, -0.15) is 10.5 Å². The van der Waals surface area contributed by atoms with Crippen molar-refractivity contribution in [2.45, 2.75) is 58.1 Å². The maximum Gasteiger partial charge on any atom is 0.270 e. The summed E-state index contributed by atoms with van der Waals surface area (Å²) >= 11 is 0. The summed E-state index contributed by atoms with van der Waals surface area (Å²) in [5, 5.41) is 23.6. The number of halogens is 2. The van der Waals surface area contributed by atoms with E-state index in [0.29, 0.717) is 48.1 Å². The van der Waals surface area contributed by atoms with E-state index in [4.69, 9.17) is 4.84 Å². The fourth-order valence-electron chi connectivity index (χ4n) is 5.05. The quantitative estimate of drug-likeness (QED) is 0.331. The molecule has 0 saturated heterocycles. The smallest absolute Gasteiger partial charge is 0.270 e. The van der Waals surface area contributed by atoms with Gasteiger partial charge in [-0.1, -0.05) is 5.16 Å². The van der Waals surface area contributed by atoms with Crippen molar-refractivity contribution in [3.05, 3.63) is 69.1 Å². The number of hydrogen-bond donors (Lipinski definition) is 0. The van der Waals surface area contributed by atoms with E-state index in [0.717, 1.165) is 6.07 Å². The molecule has 2 aromatic heterocycles. The molecule has 8 nitrogen and oxygen atoms in total. The van der Waals surface area contributed by atoms with Crippen LogP contribution in [0.1, 0.15) is 63.3 Å². The zero-order chi connectivity index (χ0) is 28.5. The summed E-state index contributed by atoms with van der Waals surface area (Å²) < 4.78 is 29.8. The molecule has 1 fully saturated rings. The van der Waals surface area contributed by atoms with E-state index >= 15 is 0 Å². The van der Waals surface area contributed by atoms with E-state index in [2.05, 4.69) is 10.1 Å². The summed E-state index contributed by atoms with van der Waals surface area (Å²) in [5.41, 5.74) is 1.08. The van der Waals surface area contributed by atoms with Crippen molar-refractivity contribution in [3.8, 4) is 12.1 Å². The van der Waals surface area contributed by atoms with Crippen molar-refractivity contribution in [2.24, 2.45) is 18.1 Å². The molecule has 1 aliphatic rings. The summed E-state index contributed by atoms with van der Waals surface area (Å²) in [5.74, 6) is -1.51. The molecule has 1 aromatic carbocycles. The minimum absolute atomic E-state index is 0.0357. The fourth-order valence-corrected chi connectivity index (χ4v) is 5.05. The average molecular weight is 533 g/mol. The van der Waals surface area contributed by atoms with Crippen molar-refractivity contribution < 1.29 is 13.6 Å². The molecular formula is C29H30F2N6O2. The van der Waals surface area contributed by atoms with E-state index in [1.54, 1.807) is 13.1 Å². The molecule has 4 rings (SSSR count). The maximum atomic E-state index is 14.8. The lowest BCUT2D eigenvalue weighted by Crippen LogP contribution is -2.39. The number of rotatable bonds is 5. The molecule has 0 atom stereocenters. The second-order valence-electron chi connectivity index (χ2n) is 10.8. The van der Waals surface area contributed by atoms with Crippen LogP contribution < -0.4 is 10.5 Å². The van der Waals surface area contributed by atoms with Crippen molar-refractivity contribution in [1.82, 2.24) is 9.55 Å². The number of aromatic nitrogens is 2. The van der Waals surface area contributed by atoms with Crippen LogP contribution in [0.2, 0.25) is 0 Å². The lowest BCUT2D eigenvalue weighted by atomic mass is 9.80. The van der Waals surface area contributed by atoms with Gasteiger partial charge in [0.15, 0.2) is 0 Å². The fraction of sp³-hybridized carbons (Fsp3) is 0.414. The third kappa shape index (κ3) is 5.61. The van der Waals surface area contributed by atoms with Crippen LogP contribution in [0.4, 0.5) is 14.5 Å². The first-order chi connectivity index (χ1) is 18.4. The third-order valence-corrected chi connectivity index (χ3v) is 7.05. The van der Waals surface area contributed by atoms with Crippen LogP contribution in [0.3, 0.4) is 0 Å². The summed E-state index contributed by atoms with van der Waals surface area (Å²) in [7, 11) is 3.39. The van der Waals surface area contributed by atoms with Crippen molar-refractivity contribution in [3.63, 3.8) is 0 Å². The van der Waals surface area contributed by atoms with Crippen molar-refractivity contribution in [2.75, 3.05) is 11.9 Å². The van der Waals surface area contributed by atoms with Crippen LogP contribution in [-0.2, 0) is 11.9 Å². The Kier molecular flexibility index (Phi) is 7.69. The van der Waals surface area contributed by atoms with E-state index < -0.39 is 22.8 Å². The Labute approximate surface area is 225 Å². The van der Waals surface area contributed by atoms with Crippen molar-refractivity contribution in [1.29, 1.82) is 10.5 Å².